The summed E-state index contributed by atoms with van der Waals surface area (Å²) in [6, 6.07) is 0. The second kappa shape index (κ2) is 4.43. The molecule has 0 aromatic carbocycles. The summed E-state index contributed by atoms with van der Waals surface area (Å²) in [6.45, 7) is 12.5. The Morgan fingerprint density at radius 2 is 2.15 bits per heavy atom. The number of rotatable bonds is 2. The normalized spacial score (nSPS) is 22.0. The van der Waals surface area contributed by atoms with Gasteiger partial charge in [-0.1, -0.05) is 32.6 Å². The number of hydrogen-bond acceptors (Lipinski definition) is 1. The predicted molar refractivity (Wildman–Crippen MR) is 58.7 cm³/mol. The molecule has 0 unspecified atom stereocenters. The Balaban J connectivity index is 3.01. The Labute approximate surface area is 81.2 Å². The third kappa shape index (κ3) is 2.31. The predicted octanol–water partition coefficient (Wildman–Crippen LogP) is 2.67. The molecule has 1 saturated heterocycles. The van der Waals surface area contributed by atoms with Gasteiger partial charge in [0.2, 0.25) is 0 Å². The summed E-state index contributed by atoms with van der Waals surface area (Å²) < 4.78 is 0. The van der Waals surface area contributed by atoms with Crippen molar-refractivity contribution in [3.8, 4) is 0 Å². The highest BCUT2D eigenvalue weighted by molar-refractivity contribution is 5.44. The van der Waals surface area contributed by atoms with Crippen molar-refractivity contribution in [3.05, 3.63) is 35.5 Å². The highest BCUT2D eigenvalue weighted by Gasteiger charge is 2.15. The van der Waals surface area contributed by atoms with Crippen LogP contribution >= 0.6 is 0 Å². The fourth-order valence-electron chi connectivity index (χ4n) is 1.70. The van der Waals surface area contributed by atoms with E-state index in [1.54, 1.807) is 0 Å². The Hall–Kier alpha value is -0.820. The molecule has 1 heterocycles. The zero-order chi connectivity index (χ0) is 9.84. The van der Waals surface area contributed by atoms with Crippen molar-refractivity contribution in [3.63, 3.8) is 0 Å². The van der Waals surface area contributed by atoms with E-state index in [0.29, 0.717) is 5.92 Å². The van der Waals surface area contributed by atoms with Crippen molar-refractivity contribution in [2.45, 2.75) is 20.8 Å². The molecule has 1 aliphatic heterocycles. The summed E-state index contributed by atoms with van der Waals surface area (Å²) in [5, 5.41) is 3.32. The van der Waals surface area contributed by atoms with E-state index in [0.717, 1.165) is 13.1 Å². The molecule has 0 bridgehead atoms. The maximum atomic E-state index is 4.07. The van der Waals surface area contributed by atoms with Crippen LogP contribution in [0.2, 0.25) is 0 Å². The minimum atomic E-state index is 0.586. The Morgan fingerprint density at radius 1 is 1.46 bits per heavy atom. The topological polar surface area (TPSA) is 12.0 Å². The van der Waals surface area contributed by atoms with Gasteiger partial charge in [-0.05, 0) is 29.6 Å². The number of allylic oxidation sites excluding steroid dienone is 3. The van der Waals surface area contributed by atoms with E-state index in [9.17, 15) is 0 Å². The average molecular weight is 177 g/mol. The second-order valence-electron chi connectivity index (χ2n) is 3.80. The molecule has 0 amide bonds. The van der Waals surface area contributed by atoms with Gasteiger partial charge in [0.15, 0.2) is 0 Å². The lowest BCUT2D eigenvalue weighted by atomic mass is 9.94. The van der Waals surface area contributed by atoms with E-state index in [1.165, 1.54) is 16.7 Å². The standard InChI is InChI=1S/C12H19N/c1-5-6-11(9(2)3)12-8-13-7-10(12)4/h5-6,9,13H,4,7-8H2,1-3H3/b6-5-,12-11+. The smallest absolute Gasteiger partial charge is 0.0214 e. The first-order valence-electron chi connectivity index (χ1n) is 4.91. The SMILES string of the molecule is C=C1CNC/C1=C(/C=C\C)C(C)C. The maximum Gasteiger partial charge on any atom is 0.0214 e. The lowest BCUT2D eigenvalue weighted by Gasteiger charge is -2.11. The van der Waals surface area contributed by atoms with Gasteiger partial charge in [-0.3, -0.25) is 0 Å². The van der Waals surface area contributed by atoms with E-state index in [4.69, 9.17) is 0 Å². The molecule has 0 radical (unpaired) electrons. The number of hydrogen-bond donors (Lipinski definition) is 1. The highest BCUT2D eigenvalue weighted by atomic mass is 14.9. The van der Waals surface area contributed by atoms with E-state index >= 15 is 0 Å². The van der Waals surface area contributed by atoms with Crippen molar-refractivity contribution < 1.29 is 0 Å². The Kier molecular flexibility index (Phi) is 3.49. The Morgan fingerprint density at radius 3 is 2.54 bits per heavy atom. The van der Waals surface area contributed by atoms with Crippen molar-refractivity contribution in [1.82, 2.24) is 5.32 Å². The van der Waals surface area contributed by atoms with E-state index in [1.807, 2.05) is 0 Å². The van der Waals surface area contributed by atoms with Crippen LogP contribution in [0.15, 0.2) is 35.5 Å². The van der Waals surface area contributed by atoms with Gasteiger partial charge in [0, 0.05) is 13.1 Å². The molecular formula is C12H19N. The van der Waals surface area contributed by atoms with Gasteiger partial charge in [-0.2, -0.15) is 0 Å². The van der Waals surface area contributed by atoms with Gasteiger partial charge >= 0.3 is 0 Å². The molecule has 0 aliphatic carbocycles. The van der Waals surface area contributed by atoms with Gasteiger partial charge in [0.25, 0.3) is 0 Å². The van der Waals surface area contributed by atoms with Crippen LogP contribution in [0, 0.1) is 5.92 Å². The van der Waals surface area contributed by atoms with Crippen LogP contribution in [0.4, 0.5) is 0 Å². The molecule has 1 heteroatoms. The van der Waals surface area contributed by atoms with Gasteiger partial charge < -0.3 is 5.32 Å². The maximum absolute atomic E-state index is 4.07. The molecule has 72 valence electrons. The van der Waals surface area contributed by atoms with Gasteiger partial charge in [-0.25, -0.2) is 0 Å². The van der Waals surface area contributed by atoms with Crippen molar-refractivity contribution in [2.75, 3.05) is 13.1 Å². The summed E-state index contributed by atoms with van der Waals surface area (Å²) >= 11 is 0. The summed E-state index contributed by atoms with van der Waals surface area (Å²) in [5.41, 5.74) is 4.09. The zero-order valence-corrected chi connectivity index (χ0v) is 8.85. The van der Waals surface area contributed by atoms with Gasteiger partial charge in [-0.15, -0.1) is 0 Å². The third-order valence-corrected chi connectivity index (χ3v) is 2.38. The molecule has 1 rings (SSSR count). The fraction of sp³-hybridized carbons (Fsp3) is 0.500. The molecule has 1 aliphatic rings. The molecule has 0 atom stereocenters. The molecule has 0 aromatic heterocycles. The molecule has 1 fully saturated rings. The fourth-order valence-corrected chi connectivity index (χ4v) is 1.70. The van der Waals surface area contributed by atoms with Crippen LogP contribution in [0.1, 0.15) is 20.8 Å². The monoisotopic (exact) mass is 177 g/mol. The first-order valence-corrected chi connectivity index (χ1v) is 4.91. The molecule has 0 spiro atoms. The summed E-state index contributed by atoms with van der Waals surface area (Å²) in [7, 11) is 0. The lowest BCUT2D eigenvalue weighted by molar-refractivity contribution is 0.777. The first-order chi connectivity index (χ1) is 6.16. The van der Waals surface area contributed by atoms with E-state index in [-0.39, 0.29) is 0 Å². The van der Waals surface area contributed by atoms with Crippen molar-refractivity contribution in [1.29, 1.82) is 0 Å². The third-order valence-electron chi connectivity index (χ3n) is 2.38. The summed E-state index contributed by atoms with van der Waals surface area (Å²) in [5.74, 6) is 0.586. The van der Waals surface area contributed by atoms with Crippen molar-refractivity contribution >= 4 is 0 Å². The van der Waals surface area contributed by atoms with Crippen LogP contribution < -0.4 is 5.32 Å². The second-order valence-corrected chi connectivity index (χ2v) is 3.80. The van der Waals surface area contributed by atoms with Gasteiger partial charge in [0.1, 0.15) is 0 Å². The molecular weight excluding hydrogens is 158 g/mol. The van der Waals surface area contributed by atoms with Crippen LogP contribution in [0.25, 0.3) is 0 Å². The van der Waals surface area contributed by atoms with E-state index < -0.39 is 0 Å². The average Bonchev–Trinajstić information content (AvgIpc) is 2.47. The van der Waals surface area contributed by atoms with Crippen LogP contribution in [-0.4, -0.2) is 13.1 Å². The largest absolute Gasteiger partial charge is 0.309 e. The van der Waals surface area contributed by atoms with Crippen LogP contribution in [-0.2, 0) is 0 Å². The summed E-state index contributed by atoms with van der Waals surface area (Å²) in [6.07, 6.45) is 4.31. The van der Waals surface area contributed by atoms with Crippen molar-refractivity contribution in [2.24, 2.45) is 5.92 Å². The van der Waals surface area contributed by atoms with Crippen LogP contribution in [0.5, 0.6) is 0 Å². The minimum absolute atomic E-state index is 0.586. The van der Waals surface area contributed by atoms with Gasteiger partial charge in [0.05, 0.1) is 0 Å². The minimum Gasteiger partial charge on any atom is -0.309 e. The molecule has 13 heavy (non-hydrogen) atoms. The quantitative estimate of drug-likeness (QED) is 0.684. The first kappa shape index (κ1) is 10.3. The molecule has 1 N–H and O–H groups in total. The molecule has 0 saturated carbocycles. The highest BCUT2D eigenvalue weighted by Crippen LogP contribution is 2.23. The van der Waals surface area contributed by atoms with Crippen LogP contribution in [0.3, 0.4) is 0 Å². The lowest BCUT2D eigenvalue weighted by Crippen LogP contribution is -2.06. The molecule has 1 nitrogen and oxygen atoms in total. The summed E-state index contributed by atoms with van der Waals surface area (Å²) in [4.78, 5) is 0. The Bertz CT molecular complexity index is 256. The molecule has 0 aromatic rings. The number of nitrogens with one attached hydrogen (secondary N) is 1. The van der Waals surface area contributed by atoms with E-state index in [2.05, 4.69) is 44.8 Å². The zero-order valence-electron chi connectivity index (χ0n) is 8.85.